The van der Waals surface area contributed by atoms with Crippen molar-refractivity contribution in [2.75, 3.05) is 10.7 Å². The third-order valence-corrected chi connectivity index (χ3v) is 5.07. The number of benzene rings is 2. The standard InChI is InChI=1S/C20H16F2N4O2S/c1-3-29-20-23-18-17(24-25-20)14-10-12(21)8-9-16(14)26(11(2)27)19(28-18)13-6-4-5-7-15(13)22/h4-10,19H,3H2,1-2H3. The molecule has 1 aliphatic rings. The number of aromatic nitrogens is 3. The molecule has 1 atom stereocenters. The highest BCUT2D eigenvalue weighted by atomic mass is 32.2. The summed E-state index contributed by atoms with van der Waals surface area (Å²) in [6.07, 6.45) is -1.14. The highest BCUT2D eigenvalue weighted by Crippen LogP contribution is 2.44. The van der Waals surface area contributed by atoms with E-state index < -0.39 is 23.8 Å². The number of thioether (sulfide) groups is 1. The first-order valence-electron chi connectivity index (χ1n) is 8.88. The summed E-state index contributed by atoms with van der Waals surface area (Å²) < 4.78 is 34.7. The Morgan fingerprint density at radius 2 is 2.00 bits per heavy atom. The average Bonchev–Trinajstić information content (AvgIpc) is 2.82. The Labute approximate surface area is 169 Å². The van der Waals surface area contributed by atoms with Gasteiger partial charge in [-0.15, -0.1) is 10.2 Å². The zero-order valence-electron chi connectivity index (χ0n) is 15.6. The van der Waals surface area contributed by atoms with Crippen LogP contribution in [0.1, 0.15) is 25.6 Å². The van der Waals surface area contributed by atoms with Gasteiger partial charge < -0.3 is 4.74 Å². The maximum atomic E-state index is 14.6. The molecule has 1 unspecified atom stereocenters. The largest absolute Gasteiger partial charge is 0.447 e. The Hall–Kier alpha value is -3.07. The second kappa shape index (κ2) is 7.75. The molecule has 0 bridgehead atoms. The molecular weight excluding hydrogens is 398 g/mol. The highest BCUT2D eigenvalue weighted by Gasteiger charge is 2.36. The number of carbonyl (C=O) groups is 1. The van der Waals surface area contributed by atoms with Gasteiger partial charge in [0.1, 0.15) is 11.6 Å². The van der Waals surface area contributed by atoms with Crippen LogP contribution in [0.5, 0.6) is 5.88 Å². The van der Waals surface area contributed by atoms with Crippen molar-refractivity contribution in [1.29, 1.82) is 0 Å². The first-order valence-corrected chi connectivity index (χ1v) is 9.86. The van der Waals surface area contributed by atoms with Crippen molar-refractivity contribution in [2.24, 2.45) is 0 Å². The second-order valence-corrected chi connectivity index (χ2v) is 7.45. The molecular formula is C20H16F2N4O2S. The molecule has 0 saturated carbocycles. The molecule has 2 heterocycles. The Bertz CT molecular complexity index is 1100. The van der Waals surface area contributed by atoms with Crippen LogP contribution >= 0.6 is 11.8 Å². The van der Waals surface area contributed by atoms with Gasteiger partial charge in [0, 0.05) is 18.1 Å². The lowest BCUT2D eigenvalue weighted by atomic mass is 10.1. The predicted octanol–water partition coefficient (Wildman–Crippen LogP) is 4.37. The van der Waals surface area contributed by atoms with Gasteiger partial charge >= 0.3 is 0 Å². The quantitative estimate of drug-likeness (QED) is 0.593. The van der Waals surface area contributed by atoms with Gasteiger partial charge in [-0.1, -0.05) is 36.9 Å². The average molecular weight is 414 g/mol. The maximum Gasteiger partial charge on any atom is 0.247 e. The SMILES string of the molecule is CCSc1nnc2c(n1)OC(c1ccccc1F)N(C(C)=O)c1ccc(F)cc1-2. The lowest BCUT2D eigenvalue weighted by molar-refractivity contribution is -0.118. The van der Waals surface area contributed by atoms with E-state index in [1.54, 1.807) is 12.1 Å². The molecule has 0 aliphatic carbocycles. The summed E-state index contributed by atoms with van der Waals surface area (Å²) in [5.74, 6) is -0.700. The van der Waals surface area contributed by atoms with E-state index in [1.807, 2.05) is 6.92 Å². The number of nitrogens with zero attached hydrogens (tertiary/aromatic N) is 4. The van der Waals surface area contributed by atoms with Crippen molar-refractivity contribution < 1.29 is 18.3 Å². The summed E-state index contributed by atoms with van der Waals surface area (Å²) in [6.45, 7) is 3.27. The minimum absolute atomic E-state index is 0.0554. The number of ether oxygens (including phenoxy) is 1. The van der Waals surface area contributed by atoms with Crippen molar-refractivity contribution in [3.05, 3.63) is 59.7 Å². The second-order valence-electron chi connectivity index (χ2n) is 6.22. The van der Waals surface area contributed by atoms with Gasteiger partial charge in [-0.25, -0.2) is 8.78 Å². The first kappa shape index (κ1) is 19.3. The Morgan fingerprint density at radius 3 is 2.72 bits per heavy atom. The molecule has 148 valence electrons. The topological polar surface area (TPSA) is 68.2 Å². The van der Waals surface area contributed by atoms with Gasteiger partial charge in [0.25, 0.3) is 0 Å². The zero-order chi connectivity index (χ0) is 20.5. The molecule has 0 spiro atoms. The molecule has 0 N–H and O–H groups in total. The smallest absolute Gasteiger partial charge is 0.247 e. The number of carbonyl (C=O) groups excluding carboxylic acids is 1. The van der Waals surface area contributed by atoms with E-state index in [1.165, 1.54) is 53.9 Å². The summed E-state index contributed by atoms with van der Waals surface area (Å²) in [6, 6.07) is 9.90. The number of rotatable bonds is 3. The van der Waals surface area contributed by atoms with Crippen LogP contribution in [0.15, 0.2) is 47.6 Å². The molecule has 1 aliphatic heterocycles. The number of fused-ring (bicyclic) bond motifs is 3. The van der Waals surface area contributed by atoms with Crippen molar-refractivity contribution in [2.45, 2.75) is 25.2 Å². The number of halogens is 2. The highest BCUT2D eigenvalue weighted by molar-refractivity contribution is 7.99. The summed E-state index contributed by atoms with van der Waals surface area (Å²) in [5, 5.41) is 8.60. The minimum Gasteiger partial charge on any atom is -0.447 e. The molecule has 2 aromatic carbocycles. The third-order valence-electron chi connectivity index (χ3n) is 4.35. The third kappa shape index (κ3) is 3.53. The summed E-state index contributed by atoms with van der Waals surface area (Å²) >= 11 is 1.35. The number of amides is 1. The molecule has 0 fully saturated rings. The van der Waals surface area contributed by atoms with Crippen LogP contribution in [0.2, 0.25) is 0 Å². The van der Waals surface area contributed by atoms with Gasteiger partial charge in [0.05, 0.1) is 5.69 Å². The molecule has 1 aromatic heterocycles. The molecule has 0 radical (unpaired) electrons. The number of hydrogen-bond acceptors (Lipinski definition) is 6. The van der Waals surface area contributed by atoms with Crippen molar-refractivity contribution in [3.8, 4) is 17.1 Å². The van der Waals surface area contributed by atoms with Gasteiger partial charge in [-0.2, -0.15) is 4.98 Å². The van der Waals surface area contributed by atoms with Crippen molar-refractivity contribution in [1.82, 2.24) is 15.2 Å². The lowest BCUT2D eigenvalue weighted by Gasteiger charge is -2.30. The van der Waals surface area contributed by atoms with Gasteiger partial charge in [0.15, 0.2) is 5.69 Å². The summed E-state index contributed by atoms with van der Waals surface area (Å²) in [7, 11) is 0. The number of anilines is 1. The van der Waals surface area contributed by atoms with Crippen molar-refractivity contribution >= 4 is 23.4 Å². The Kier molecular flexibility index (Phi) is 5.14. The van der Waals surface area contributed by atoms with Crippen LogP contribution in [-0.2, 0) is 4.79 Å². The Morgan fingerprint density at radius 1 is 1.21 bits per heavy atom. The molecule has 4 rings (SSSR count). The van der Waals surface area contributed by atoms with Crippen LogP contribution in [0.3, 0.4) is 0 Å². The van der Waals surface area contributed by atoms with E-state index >= 15 is 0 Å². The van der Waals surface area contributed by atoms with Crippen molar-refractivity contribution in [3.63, 3.8) is 0 Å². The molecule has 0 saturated heterocycles. The summed E-state index contributed by atoms with van der Waals surface area (Å²) in [5.41, 5.74) is 0.958. The molecule has 29 heavy (non-hydrogen) atoms. The maximum absolute atomic E-state index is 14.6. The van der Waals surface area contributed by atoms with Gasteiger partial charge in [-0.05, 0) is 30.0 Å². The number of hydrogen-bond donors (Lipinski definition) is 0. The van der Waals surface area contributed by atoms with Crippen LogP contribution < -0.4 is 9.64 Å². The van der Waals surface area contributed by atoms with Gasteiger partial charge in [-0.3, -0.25) is 9.69 Å². The fourth-order valence-corrected chi connectivity index (χ4v) is 3.65. The van der Waals surface area contributed by atoms with Crippen LogP contribution in [-0.4, -0.2) is 26.8 Å². The van der Waals surface area contributed by atoms with Crippen LogP contribution in [0.4, 0.5) is 14.5 Å². The predicted molar refractivity (Wildman–Crippen MR) is 105 cm³/mol. The fraction of sp³-hybridized carbons (Fsp3) is 0.200. The van der Waals surface area contributed by atoms with Gasteiger partial charge in [0.2, 0.25) is 23.2 Å². The van der Waals surface area contributed by atoms with Crippen LogP contribution in [0.25, 0.3) is 11.3 Å². The van der Waals surface area contributed by atoms with E-state index in [0.717, 1.165) is 0 Å². The van der Waals surface area contributed by atoms with E-state index in [2.05, 4.69) is 15.2 Å². The van der Waals surface area contributed by atoms with E-state index in [4.69, 9.17) is 4.74 Å². The monoisotopic (exact) mass is 414 g/mol. The summed E-state index contributed by atoms with van der Waals surface area (Å²) in [4.78, 5) is 18.2. The zero-order valence-corrected chi connectivity index (χ0v) is 16.4. The normalized spacial score (nSPS) is 15.2. The first-order chi connectivity index (χ1) is 14.0. The fourth-order valence-electron chi connectivity index (χ4n) is 3.14. The Balaban J connectivity index is 1.99. The van der Waals surface area contributed by atoms with E-state index in [9.17, 15) is 13.6 Å². The molecule has 1 amide bonds. The molecule has 6 nitrogen and oxygen atoms in total. The lowest BCUT2D eigenvalue weighted by Crippen LogP contribution is -2.36. The van der Waals surface area contributed by atoms with Crippen LogP contribution in [0, 0.1) is 11.6 Å². The van der Waals surface area contributed by atoms with E-state index in [0.29, 0.717) is 22.2 Å². The molecule has 3 aromatic rings. The van der Waals surface area contributed by atoms with E-state index in [-0.39, 0.29) is 17.1 Å². The minimum atomic E-state index is -1.14. The molecule has 9 heteroatoms.